The highest BCUT2D eigenvalue weighted by Gasteiger charge is 2.22. The van der Waals surface area contributed by atoms with Gasteiger partial charge < -0.3 is 10.2 Å². The lowest BCUT2D eigenvalue weighted by Crippen LogP contribution is -2.38. The second-order valence-electron chi connectivity index (χ2n) is 6.35. The highest BCUT2D eigenvalue weighted by atomic mass is 35.5. The fraction of sp³-hybridized carbons (Fsp3) is 0.750. The molecule has 1 aromatic rings. The van der Waals surface area contributed by atoms with Crippen LogP contribution in [0.15, 0.2) is 6.07 Å². The molecule has 1 unspecified atom stereocenters. The Morgan fingerprint density at radius 3 is 2.95 bits per heavy atom. The molecule has 1 saturated heterocycles. The first-order valence-corrected chi connectivity index (χ1v) is 9.15. The van der Waals surface area contributed by atoms with E-state index in [0.29, 0.717) is 6.04 Å². The van der Waals surface area contributed by atoms with Crippen LogP contribution in [0, 0.1) is 5.92 Å². The zero-order valence-electron chi connectivity index (χ0n) is 12.3. The van der Waals surface area contributed by atoms with Crippen LogP contribution in [0.2, 0.25) is 4.34 Å². The monoisotopic (exact) mass is 312 g/mol. The van der Waals surface area contributed by atoms with Gasteiger partial charge in [-0.05, 0) is 62.7 Å². The van der Waals surface area contributed by atoms with Gasteiger partial charge in [-0.1, -0.05) is 18.5 Å². The Morgan fingerprint density at radius 1 is 1.35 bits per heavy atom. The van der Waals surface area contributed by atoms with Crippen LogP contribution in [0.3, 0.4) is 0 Å². The van der Waals surface area contributed by atoms with Gasteiger partial charge in [-0.15, -0.1) is 11.3 Å². The topological polar surface area (TPSA) is 15.3 Å². The standard InChI is InChI=1S/C16H25ClN2S/c1-12-5-8-19(9-6-12)10-7-18-14-3-2-4-15-13(14)11-16(17)20-15/h11-12,14,18H,2-10H2,1H3. The van der Waals surface area contributed by atoms with Gasteiger partial charge in [0.2, 0.25) is 0 Å². The first-order valence-electron chi connectivity index (χ1n) is 7.96. The third kappa shape index (κ3) is 3.56. The number of hydrogen-bond donors (Lipinski definition) is 1. The van der Waals surface area contributed by atoms with E-state index in [1.165, 1.54) is 62.2 Å². The minimum absolute atomic E-state index is 0.534. The molecule has 0 aromatic carbocycles. The normalized spacial score (nSPS) is 24.8. The summed E-state index contributed by atoms with van der Waals surface area (Å²) in [6.07, 6.45) is 6.51. The number of thiophene rings is 1. The number of nitrogens with zero attached hydrogens (tertiary/aromatic N) is 1. The second kappa shape index (κ2) is 6.78. The van der Waals surface area contributed by atoms with Gasteiger partial charge in [0.25, 0.3) is 0 Å². The van der Waals surface area contributed by atoms with E-state index in [0.717, 1.165) is 16.8 Å². The van der Waals surface area contributed by atoms with E-state index in [9.17, 15) is 0 Å². The van der Waals surface area contributed by atoms with Crippen molar-refractivity contribution in [3.63, 3.8) is 0 Å². The largest absolute Gasteiger partial charge is 0.309 e. The molecule has 2 nitrogen and oxygen atoms in total. The Hall–Kier alpha value is -0.0900. The smallest absolute Gasteiger partial charge is 0.0934 e. The summed E-state index contributed by atoms with van der Waals surface area (Å²) in [5, 5.41) is 3.76. The van der Waals surface area contributed by atoms with Gasteiger partial charge >= 0.3 is 0 Å². The number of fused-ring (bicyclic) bond motifs is 1. The summed E-state index contributed by atoms with van der Waals surface area (Å²) in [6, 6.07) is 2.72. The van der Waals surface area contributed by atoms with Crippen molar-refractivity contribution in [2.24, 2.45) is 5.92 Å². The number of rotatable bonds is 4. The summed E-state index contributed by atoms with van der Waals surface area (Å²) in [7, 11) is 0. The summed E-state index contributed by atoms with van der Waals surface area (Å²) >= 11 is 7.94. The molecule has 1 aliphatic carbocycles. The number of likely N-dealkylation sites (tertiary alicyclic amines) is 1. The lowest BCUT2D eigenvalue weighted by atomic mass is 9.94. The van der Waals surface area contributed by atoms with Crippen LogP contribution in [0.1, 0.15) is 49.1 Å². The number of nitrogens with one attached hydrogen (secondary N) is 1. The van der Waals surface area contributed by atoms with Gasteiger partial charge in [0.15, 0.2) is 0 Å². The molecule has 3 rings (SSSR count). The maximum absolute atomic E-state index is 6.17. The molecule has 0 radical (unpaired) electrons. The molecule has 20 heavy (non-hydrogen) atoms. The molecule has 1 N–H and O–H groups in total. The maximum atomic E-state index is 6.17. The number of aryl methyl sites for hydroxylation is 1. The minimum Gasteiger partial charge on any atom is -0.309 e. The number of piperidine rings is 1. The molecule has 2 heterocycles. The van der Waals surface area contributed by atoms with Gasteiger partial charge in [0.05, 0.1) is 4.34 Å². The zero-order chi connectivity index (χ0) is 13.9. The average Bonchev–Trinajstić information content (AvgIpc) is 2.82. The first kappa shape index (κ1) is 14.8. The van der Waals surface area contributed by atoms with Crippen LogP contribution in [-0.2, 0) is 6.42 Å². The second-order valence-corrected chi connectivity index (χ2v) is 8.12. The van der Waals surface area contributed by atoms with Crippen molar-refractivity contribution >= 4 is 22.9 Å². The van der Waals surface area contributed by atoms with E-state index in [1.807, 2.05) is 0 Å². The van der Waals surface area contributed by atoms with E-state index in [1.54, 1.807) is 11.3 Å². The Balaban J connectivity index is 1.47. The highest BCUT2D eigenvalue weighted by molar-refractivity contribution is 7.16. The third-order valence-corrected chi connectivity index (χ3v) is 6.12. The molecule has 1 aromatic heterocycles. The molecule has 1 atom stereocenters. The highest BCUT2D eigenvalue weighted by Crippen LogP contribution is 2.37. The summed E-state index contributed by atoms with van der Waals surface area (Å²) in [6.45, 7) is 7.23. The van der Waals surface area contributed by atoms with Crippen molar-refractivity contribution in [1.82, 2.24) is 10.2 Å². The van der Waals surface area contributed by atoms with Crippen molar-refractivity contribution in [3.05, 3.63) is 20.8 Å². The van der Waals surface area contributed by atoms with Crippen LogP contribution >= 0.6 is 22.9 Å². The third-order valence-electron chi connectivity index (χ3n) is 4.78. The maximum Gasteiger partial charge on any atom is 0.0934 e. The van der Waals surface area contributed by atoms with Crippen molar-refractivity contribution in [3.8, 4) is 0 Å². The lowest BCUT2D eigenvalue weighted by Gasteiger charge is -2.31. The summed E-state index contributed by atoms with van der Waals surface area (Å²) < 4.78 is 0.953. The molecular weight excluding hydrogens is 288 g/mol. The Bertz CT molecular complexity index is 438. The Morgan fingerprint density at radius 2 is 2.15 bits per heavy atom. The van der Waals surface area contributed by atoms with Crippen LogP contribution < -0.4 is 5.32 Å². The van der Waals surface area contributed by atoms with Gasteiger partial charge in [-0.25, -0.2) is 0 Å². The first-order chi connectivity index (χ1) is 9.72. The molecule has 4 heteroatoms. The van der Waals surface area contributed by atoms with E-state index in [2.05, 4.69) is 23.2 Å². The summed E-state index contributed by atoms with van der Waals surface area (Å²) in [5.74, 6) is 0.924. The van der Waals surface area contributed by atoms with E-state index in [-0.39, 0.29) is 0 Å². The fourth-order valence-corrected chi connectivity index (χ4v) is 4.80. The van der Waals surface area contributed by atoms with Gasteiger partial charge in [0, 0.05) is 24.0 Å². The lowest BCUT2D eigenvalue weighted by molar-refractivity contribution is 0.190. The molecule has 0 spiro atoms. The Labute approximate surface area is 131 Å². The van der Waals surface area contributed by atoms with Crippen molar-refractivity contribution in [1.29, 1.82) is 0 Å². The average molecular weight is 313 g/mol. The Kier molecular flexibility index (Phi) is 5.03. The van der Waals surface area contributed by atoms with Crippen LogP contribution in [0.25, 0.3) is 0 Å². The predicted molar refractivity (Wildman–Crippen MR) is 87.8 cm³/mol. The molecule has 2 aliphatic rings. The number of halogens is 1. The fourth-order valence-electron chi connectivity index (χ4n) is 3.42. The van der Waals surface area contributed by atoms with Gasteiger partial charge in [-0.2, -0.15) is 0 Å². The van der Waals surface area contributed by atoms with Crippen LogP contribution in [0.5, 0.6) is 0 Å². The molecular formula is C16H25ClN2S. The van der Waals surface area contributed by atoms with E-state index < -0.39 is 0 Å². The quantitative estimate of drug-likeness (QED) is 0.900. The minimum atomic E-state index is 0.534. The number of hydrogen-bond acceptors (Lipinski definition) is 3. The van der Waals surface area contributed by atoms with Crippen molar-refractivity contribution in [2.75, 3.05) is 26.2 Å². The molecule has 0 saturated carbocycles. The van der Waals surface area contributed by atoms with Crippen molar-refractivity contribution < 1.29 is 0 Å². The van der Waals surface area contributed by atoms with E-state index >= 15 is 0 Å². The molecule has 1 aliphatic heterocycles. The summed E-state index contributed by atoms with van der Waals surface area (Å²) in [4.78, 5) is 4.11. The molecule has 112 valence electrons. The molecule has 1 fully saturated rings. The van der Waals surface area contributed by atoms with Gasteiger partial charge in [0.1, 0.15) is 0 Å². The molecule has 0 bridgehead atoms. The van der Waals surface area contributed by atoms with Crippen LogP contribution in [-0.4, -0.2) is 31.1 Å². The van der Waals surface area contributed by atoms with E-state index in [4.69, 9.17) is 11.6 Å². The van der Waals surface area contributed by atoms with Crippen molar-refractivity contribution in [2.45, 2.75) is 45.1 Å². The van der Waals surface area contributed by atoms with Gasteiger partial charge in [-0.3, -0.25) is 0 Å². The predicted octanol–water partition coefficient (Wildman–Crippen LogP) is 4.10. The molecule has 0 amide bonds. The SMILES string of the molecule is CC1CCN(CCNC2CCCc3sc(Cl)cc32)CC1. The summed E-state index contributed by atoms with van der Waals surface area (Å²) in [5.41, 5.74) is 1.47. The zero-order valence-corrected chi connectivity index (χ0v) is 13.9. The van der Waals surface area contributed by atoms with Crippen LogP contribution in [0.4, 0.5) is 0 Å².